The second-order valence-electron chi connectivity index (χ2n) is 11.4. The van der Waals surface area contributed by atoms with Crippen LogP contribution in [-0.4, -0.2) is 82.3 Å². The van der Waals surface area contributed by atoms with E-state index < -0.39 is 11.0 Å². The van der Waals surface area contributed by atoms with E-state index in [9.17, 15) is 14.0 Å². The summed E-state index contributed by atoms with van der Waals surface area (Å²) in [4.78, 5) is 30.6. The molecule has 2 aliphatic rings. The van der Waals surface area contributed by atoms with Crippen LogP contribution in [0.4, 0.5) is 4.39 Å². The Kier molecular flexibility index (Phi) is 9.41. The van der Waals surface area contributed by atoms with Gasteiger partial charge in [0.25, 0.3) is 5.91 Å². The monoisotopic (exact) mass is 605 g/mol. The fourth-order valence-electron chi connectivity index (χ4n) is 6.50. The minimum atomic E-state index is -0.861. The van der Waals surface area contributed by atoms with Crippen molar-refractivity contribution < 1.29 is 32.9 Å². The summed E-state index contributed by atoms with van der Waals surface area (Å²) in [6.45, 7) is 3.01. The number of nitrogens with zero attached hydrogens (tertiary/aromatic N) is 2. The molecule has 0 spiro atoms. The molecule has 2 fully saturated rings. The van der Waals surface area contributed by atoms with Gasteiger partial charge in [-0.2, -0.15) is 0 Å². The zero-order chi connectivity index (χ0) is 31.3. The molecule has 2 heterocycles. The van der Waals surface area contributed by atoms with Gasteiger partial charge in [-0.05, 0) is 67.7 Å². The number of halogens is 1. The molecule has 2 aliphatic heterocycles. The van der Waals surface area contributed by atoms with Gasteiger partial charge in [0.05, 0.1) is 39.9 Å². The molecule has 0 bridgehead atoms. The van der Waals surface area contributed by atoms with Crippen LogP contribution < -0.4 is 19.9 Å². The number of hydrogen-bond acceptors (Lipinski definition) is 7. The van der Waals surface area contributed by atoms with Crippen molar-refractivity contribution in [2.75, 3.05) is 60.7 Å². The summed E-state index contributed by atoms with van der Waals surface area (Å²) in [7, 11) is 4.53. The van der Waals surface area contributed by atoms with Crippen molar-refractivity contribution in [2.45, 2.75) is 30.3 Å². The minimum absolute atomic E-state index is 0.203. The molecule has 10 heteroatoms. The first-order chi connectivity index (χ1) is 21.2. The molecule has 9 nitrogen and oxygen atoms in total. The first-order valence-corrected chi connectivity index (χ1v) is 14.8. The predicted octanol–water partition coefficient (Wildman–Crippen LogP) is 4.13. The Morgan fingerprint density at radius 3 is 2.09 bits per heavy atom. The van der Waals surface area contributed by atoms with Gasteiger partial charge in [-0.3, -0.25) is 9.59 Å². The number of amides is 2. The number of rotatable bonds is 10. The summed E-state index contributed by atoms with van der Waals surface area (Å²) in [5.74, 6) is 0.337. The van der Waals surface area contributed by atoms with Gasteiger partial charge < -0.3 is 34.5 Å². The van der Waals surface area contributed by atoms with Crippen molar-refractivity contribution in [2.24, 2.45) is 5.73 Å². The van der Waals surface area contributed by atoms with Gasteiger partial charge in [0.15, 0.2) is 11.5 Å². The van der Waals surface area contributed by atoms with Crippen LogP contribution in [0, 0.1) is 5.82 Å². The molecule has 2 N–H and O–H groups in total. The number of likely N-dealkylation sites (tertiary alicyclic amines) is 1. The maximum atomic E-state index is 14.0. The lowest BCUT2D eigenvalue weighted by atomic mass is 9.72. The second kappa shape index (κ2) is 13.2. The number of hydrogen-bond donors (Lipinski definition) is 1. The Hall–Kier alpha value is -4.15. The summed E-state index contributed by atoms with van der Waals surface area (Å²) in [5, 5.41) is 0. The van der Waals surface area contributed by atoms with Gasteiger partial charge >= 0.3 is 0 Å². The zero-order valence-electron chi connectivity index (χ0n) is 25.5. The van der Waals surface area contributed by atoms with E-state index in [1.807, 2.05) is 30.3 Å². The number of carbonyl (C=O) groups is 2. The zero-order valence-corrected chi connectivity index (χ0v) is 25.5. The maximum Gasteiger partial charge on any atom is 0.254 e. The standard InChI is InChI=1S/C34H40FN3O6/c1-41-28-21-24(22-29(42-2)30(28)43-3)31(39)38-19-20-44-34(23-38,26-9-11-27(35)12-10-26)15-18-37-16-13-33(14-17-37,32(36)40)25-7-5-4-6-8-25/h4-12,21-22H,13-20,23H2,1-3H3,(H2,36,40). The highest BCUT2D eigenvalue weighted by Gasteiger charge is 2.44. The molecule has 0 aliphatic carbocycles. The molecule has 234 valence electrons. The Balaban J connectivity index is 1.36. The second-order valence-corrected chi connectivity index (χ2v) is 11.4. The van der Waals surface area contributed by atoms with Gasteiger partial charge in [0.1, 0.15) is 11.4 Å². The van der Waals surface area contributed by atoms with Crippen LogP contribution in [0.3, 0.4) is 0 Å². The largest absolute Gasteiger partial charge is 0.493 e. The van der Waals surface area contributed by atoms with Crippen LogP contribution in [0.2, 0.25) is 0 Å². The molecule has 0 saturated carbocycles. The van der Waals surface area contributed by atoms with Gasteiger partial charge in [-0.15, -0.1) is 0 Å². The molecule has 3 aromatic carbocycles. The average Bonchev–Trinajstić information content (AvgIpc) is 3.07. The van der Waals surface area contributed by atoms with E-state index in [1.54, 1.807) is 29.2 Å². The summed E-state index contributed by atoms with van der Waals surface area (Å²) in [6.07, 6.45) is 1.79. The third kappa shape index (κ3) is 6.09. The van der Waals surface area contributed by atoms with Crippen molar-refractivity contribution in [3.8, 4) is 17.2 Å². The topological polar surface area (TPSA) is 104 Å². The Morgan fingerprint density at radius 1 is 0.886 bits per heavy atom. The highest BCUT2D eigenvalue weighted by Crippen LogP contribution is 2.40. The molecule has 3 aromatic rings. The normalized spacial score (nSPS) is 20.1. The molecule has 2 saturated heterocycles. The molecule has 1 atom stereocenters. The highest BCUT2D eigenvalue weighted by atomic mass is 19.1. The first-order valence-electron chi connectivity index (χ1n) is 14.8. The summed E-state index contributed by atoms with van der Waals surface area (Å²) < 4.78 is 36.8. The number of ether oxygens (including phenoxy) is 4. The molecular weight excluding hydrogens is 565 g/mol. The average molecular weight is 606 g/mol. The number of nitrogens with two attached hydrogens (primary N) is 1. The summed E-state index contributed by atoms with van der Waals surface area (Å²) in [6, 6.07) is 19.3. The van der Waals surface area contributed by atoms with E-state index in [-0.39, 0.29) is 24.2 Å². The number of carbonyl (C=O) groups excluding carboxylic acids is 2. The van der Waals surface area contributed by atoms with Crippen LogP contribution >= 0.6 is 0 Å². The predicted molar refractivity (Wildman–Crippen MR) is 164 cm³/mol. The van der Waals surface area contributed by atoms with Crippen LogP contribution in [0.1, 0.15) is 40.7 Å². The lowest BCUT2D eigenvalue weighted by Gasteiger charge is -2.45. The van der Waals surface area contributed by atoms with Crippen LogP contribution in [0.5, 0.6) is 17.2 Å². The fourth-order valence-corrected chi connectivity index (χ4v) is 6.50. The lowest BCUT2D eigenvalue weighted by Crippen LogP contribution is -2.54. The summed E-state index contributed by atoms with van der Waals surface area (Å²) >= 11 is 0. The van der Waals surface area contributed by atoms with Crippen LogP contribution in [-0.2, 0) is 20.5 Å². The van der Waals surface area contributed by atoms with Gasteiger partial charge in [-0.1, -0.05) is 42.5 Å². The quantitative estimate of drug-likeness (QED) is 0.371. The van der Waals surface area contributed by atoms with Crippen molar-refractivity contribution in [3.63, 3.8) is 0 Å². The van der Waals surface area contributed by atoms with Crippen LogP contribution in [0.25, 0.3) is 0 Å². The molecule has 0 radical (unpaired) electrons. The first kappa shape index (κ1) is 31.3. The molecule has 44 heavy (non-hydrogen) atoms. The van der Waals surface area contributed by atoms with E-state index >= 15 is 0 Å². The van der Waals surface area contributed by atoms with Crippen molar-refractivity contribution in [1.82, 2.24) is 9.80 Å². The van der Waals surface area contributed by atoms with Crippen molar-refractivity contribution in [3.05, 3.63) is 89.2 Å². The van der Waals surface area contributed by atoms with E-state index in [4.69, 9.17) is 24.7 Å². The number of primary amides is 1. The smallest absolute Gasteiger partial charge is 0.254 e. The number of piperidine rings is 1. The van der Waals surface area contributed by atoms with Gasteiger partial charge in [-0.25, -0.2) is 4.39 Å². The highest BCUT2D eigenvalue weighted by molar-refractivity contribution is 5.96. The Morgan fingerprint density at radius 2 is 1.52 bits per heavy atom. The maximum absolute atomic E-state index is 14.0. The third-order valence-electron chi connectivity index (χ3n) is 9.09. The van der Waals surface area contributed by atoms with E-state index in [0.717, 1.165) is 11.1 Å². The molecule has 0 aromatic heterocycles. The SMILES string of the molecule is COc1cc(C(=O)N2CCOC(CCN3CCC(C(N)=O)(c4ccccc4)CC3)(c3ccc(F)cc3)C2)cc(OC)c1OC. The van der Waals surface area contributed by atoms with Gasteiger partial charge in [0, 0.05) is 18.7 Å². The number of benzene rings is 3. The van der Waals surface area contributed by atoms with E-state index in [0.29, 0.717) is 74.9 Å². The molecule has 1 unspecified atom stereocenters. The minimum Gasteiger partial charge on any atom is -0.493 e. The summed E-state index contributed by atoms with van der Waals surface area (Å²) in [5.41, 5.74) is 6.55. The van der Waals surface area contributed by atoms with Crippen molar-refractivity contribution >= 4 is 11.8 Å². The van der Waals surface area contributed by atoms with Crippen molar-refractivity contribution in [1.29, 1.82) is 0 Å². The van der Waals surface area contributed by atoms with E-state index in [1.165, 1.54) is 33.5 Å². The molecule has 2 amide bonds. The Labute approximate surface area is 257 Å². The number of morpholine rings is 1. The van der Waals surface area contributed by atoms with Gasteiger partial charge in [0.2, 0.25) is 11.7 Å². The third-order valence-corrected chi connectivity index (χ3v) is 9.09. The van der Waals surface area contributed by atoms with Crippen LogP contribution in [0.15, 0.2) is 66.7 Å². The molecular formula is C34H40FN3O6. The van der Waals surface area contributed by atoms with E-state index in [2.05, 4.69) is 4.90 Å². The fraction of sp³-hybridized carbons (Fsp3) is 0.412. The molecule has 5 rings (SSSR count). The Bertz CT molecular complexity index is 1430. The lowest BCUT2D eigenvalue weighted by molar-refractivity contribution is -0.126. The number of methoxy groups -OCH3 is 3.